The van der Waals surface area contributed by atoms with E-state index in [0.717, 1.165) is 19.1 Å². The highest BCUT2D eigenvalue weighted by Crippen LogP contribution is 2.44. The second kappa shape index (κ2) is 5.24. The maximum Gasteiger partial charge on any atom is 0.323 e. The zero-order valence-electron chi connectivity index (χ0n) is 10.9. The standard InChI is InChI=1S/C14H20N2O/c1-10(2)12-6-5-11(3)14(4,7-12)8-13(17)9-16-15/h5,9,12H,1,6-8H2,2-4H3/t12-,14+/m1/s1. The van der Waals surface area contributed by atoms with Gasteiger partial charge in [-0.25, -0.2) is 0 Å². The van der Waals surface area contributed by atoms with Crippen LogP contribution >= 0.6 is 0 Å². The summed E-state index contributed by atoms with van der Waals surface area (Å²) in [7, 11) is 0. The lowest BCUT2D eigenvalue weighted by Crippen LogP contribution is -2.29. The van der Waals surface area contributed by atoms with E-state index in [9.17, 15) is 4.79 Å². The minimum Gasteiger partial charge on any atom is -0.361 e. The van der Waals surface area contributed by atoms with E-state index in [0.29, 0.717) is 12.3 Å². The molecule has 0 radical (unpaired) electrons. The summed E-state index contributed by atoms with van der Waals surface area (Å²) in [4.78, 5) is 14.4. The molecular formula is C14H20N2O. The van der Waals surface area contributed by atoms with Crippen molar-refractivity contribution >= 4 is 12.0 Å². The molecule has 3 nitrogen and oxygen atoms in total. The van der Waals surface area contributed by atoms with Crippen molar-refractivity contribution in [3.8, 4) is 0 Å². The maximum absolute atomic E-state index is 11.6. The molecule has 0 fully saturated rings. The molecule has 3 heteroatoms. The first-order valence-electron chi connectivity index (χ1n) is 5.92. The number of carbonyl (C=O) groups excluding carboxylic acids is 1. The molecule has 2 atom stereocenters. The lowest BCUT2D eigenvalue weighted by atomic mass is 9.66. The van der Waals surface area contributed by atoms with Crippen LogP contribution in [0.5, 0.6) is 0 Å². The van der Waals surface area contributed by atoms with Crippen molar-refractivity contribution in [2.24, 2.45) is 11.3 Å². The Bertz CT molecular complexity index is 416. The molecule has 0 bridgehead atoms. The Morgan fingerprint density at radius 3 is 2.94 bits per heavy atom. The molecule has 1 aliphatic carbocycles. The Hall–Kier alpha value is -1.47. The first-order valence-corrected chi connectivity index (χ1v) is 5.92. The molecule has 1 aliphatic rings. The van der Waals surface area contributed by atoms with E-state index >= 15 is 0 Å². The number of carbonyl (C=O) groups is 1. The molecule has 0 aromatic heterocycles. The monoisotopic (exact) mass is 232 g/mol. The van der Waals surface area contributed by atoms with Gasteiger partial charge in [0.2, 0.25) is 5.78 Å². The summed E-state index contributed by atoms with van der Waals surface area (Å²) in [6, 6.07) is 0. The SMILES string of the molecule is C=C(C)[C@@H]1CC=C(C)[C@](C)(CC(=O)C=[N+]=[N-])C1. The van der Waals surface area contributed by atoms with Crippen molar-refractivity contribution in [3.05, 3.63) is 29.3 Å². The molecule has 0 N–H and O–H groups in total. The number of hydrogen-bond donors (Lipinski definition) is 0. The number of hydrogen-bond acceptors (Lipinski definition) is 1. The third kappa shape index (κ3) is 3.24. The Morgan fingerprint density at radius 2 is 2.41 bits per heavy atom. The normalized spacial score (nSPS) is 27.9. The van der Waals surface area contributed by atoms with E-state index in [1.807, 2.05) is 6.92 Å². The van der Waals surface area contributed by atoms with Gasteiger partial charge in [0.1, 0.15) is 0 Å². The van der Waals surface area contributed by atoms with Gasteiger partial charge in [0.25, 0.3) is 0 Å². The quantitative estimate of drug-likeness (QED) is 0.318. The van der Waals surface area contributed by atoms with Gasteiger partial charge in [-0.05, 0) is 38.0 Å². The highest BCUT2D eigenvalue weighted by Gasteiger charge is 2.35. The van der Waals surface area contributed by atoms with Crippen LogP contribution in [-0.2, 0) is 4.79 Å². The topological polar surface area (TPSA) is 53.5 Å². The van der Waals surface area contributed by atoms with E-state index in [2.05, 4.69) is 31.3 Å². The zero-order valence-corrected chi connectivity index (χ0v) is 10.9. The number of rotatable bonds is 4. The Balaban J connectivity index is 2.89. The van der Waals surface area contributed by atoms with Crippen molar-refractivity contribution in [2.45, 2.75) is 40.0 Å². The fraction of sp³-hybridized carbons (Fsp3) is 0.571. The first-order chi connectivity index (χ1) is 7.89. The fourth-order valence-corrected chi connectivity index (χ4v) is 2.44. The molecule has 0 aromatic rings. The van der Waals surface area contributed by atoms with Crippen LogP contribution in [-0.4, -0.2) is 16.8 Å². The summed E-state index contributed by atoms with van der Waals surface area (Å²) >= 11 is 0. The smallest absolute Gasteiger partial charge is 0.323 e. The van der Waals surface area contributed by atoms with Crippen LogP contribution in [0.3, 0.4) is 0 Å². The molecule has 0 saturated carbocycles. The van der Waals surface area contributed by atoms with Crippen LogP contribution in [0, 0.1) is 11.3 Å². The molecule has 0 aromatic carbocycles. The van der Waals surface area contributed by atoms with Crippen molar-refractivity contribution in [1.29, 1.82) is 0 Å². The summed E-state index contributed by atoms with van der Waals surface area (Å²) < 4.78 is 0. The molecule has 0 aliphatic heterocycles. The molecule has 0 heterocycles. The first kappa shape index (κ1) is 13.6. The molecule has 0 unspecified atom stereocenters. The van der Waals surface area contributed by atoms with Crippen LogP contribution in [0.1, 0.15) is 40.0 Å². The third-order valence-corrected chi connectivity index (χ3v) is 3.82. The van der Waals surface area contributed by atoms with E-state index in [1.54, 1.807) is 0 Å². The average molecular weight is 232 g/mol. The minimum atomic E-state index is -0.139. The van der Waals surface area contributed by atoms with E-state index < -0.39 is 0 Å². The average Bonchev–Trinajstić information content (AvgIpc) is 2.22. The number of ketones is 1. The molecule has 1 rings (SSSR count). The van der Waals surface area contributed by atoms with Crippen molar-refractivity contribution < 1.29 is 9.58 Å². The summed E-state index contributed by atoms with van der Waals surface area (Å²) in [5, 5.41) is 0. The van der Waals surface area contributed by atoms with Crippen molar-refractivity contribution in [3.63, 3.8) is 0 Å². The Kier molecular flexibility index (Phi) is 4.19. The molecule has 0 saturated heterocycles. The van der Waals surface area contributed by atoms with E-state index in [1.165, 1.54) is 11.1 Å². The molecule has 92 valence electrons. The zero-order chi connectivity index (χ0) is 13.1. The second-order valence-electron chi connectivity index (χ2n) is 5.32. The van der Waals surface area contributed by atoms with Crippen LogP contribution in [0.25, 0.3) is 5.53 Å². The van der Waals surface area contributed by atoms with E-state index in [4.69, 9.17) is 5.53 Å². The fourth-order valence-electron chi connectivity index (χ4n) is 2.44. The predicted molar refractivity (Wildman–Crippen MR) is 68.7 cm³/mol. The van der Waals surface area contributed by atoms with Gasteiger partial charge in [0.15, 0.2) is 0 Å². The maximum atomic E-state index is 11.6. The second-order valence-corrected chi connectivity index (χ2v) is 5.32. The van der Waals surface area contributed by atoms with Gasteiger partial charge in [-0.15, -0.1) is 0 Å². The van der Waals surface area contributed by atoms with Crippen LogP contribution in [0.15, 0.2) is 23.8 Å². The number of Topliss-reactive ketones (excluding diaryl/α,β-unsaturated/α-hetero) is 1. The molecule has 17 heavy (non-hydrogen) atoms. The van der Waals surface area contributed by atoms with Crippen LogP contribution in [0.4, 0.5) is 0 Å². The van der Waals surface area contributed by atoms with Crippen LogP contribution in [0.2, 0.25) is 0 Å². The van der Waals surface area contributed by atoms with Crippen LogP contribution < -0.4 is 0 Å². The van der Waals surface area contributed by atoms with Gasteiger partial charge in [-0.3, -0.25) is 4.79 Å². The van der Waals surface area contributed by atoms with Gasteiger partial charge in [0, 0.05) is 6.42 Å². The summed E-state index contributed by atoms with van der Waals surface area (Å²) in [5.74, 6) is 0.313. The number of nitrogens with zero attached hydrogens (tertiary/aromatic N) is 2. The van der Waals surface area contributed by atoms with Gasteiger partial charge in [-0.2, -0.15) is 4.79 Å². The summed E-state index contributed by atoms with van der Waals surface area (Å²) in [6.07, 6.45) is 5.53. The van der Waals surface area contributed by atoms with Gasteiger partial charge in [-0.1, -0.05) is 30.7 Å². The summed E-state index contributed by atoms with van der Waals surface area (Å²) in [6.45, 7) is 10.2. The Labute approximate surface area is 103 Å². The summed E-state index contributed by atoms with van der Waals surface area (Å²) in [5.41, 5.74) is 10.7. The largest absolute Gasteiger partial charge is 0.361 e. The third-order valence-electron chi connectivity index (χ3n) is 3.82. The van der Waals surface area contributed by atoms with Crippen molar-refractivity contribution in [2.75, 3.05) is 0 Å². The lowest BCUT2D eigenvalue weighted by molar-refractivity contribution is -0.117. The highest BCUT2D eigenvalue weighted by atomic mass is 16.1. The van der Waals surface area contributed by atoms with Gasteiger partial charge < -0.3 is 5.53 Å². The lowest BCUT2D eigenvalue weighted by Gasteiger charge is -2.37. The highest BCUT2D eigenvalue weighted by molar-refractivity contribution is 6.25. The molecule has 0 spiro atoms. The Morgan fingerprint density at radius 1 is 1.76 bits per heavy atom. The number of allylic oxidation sites excluding steroid dienone is 3. The molecular weight excluding hydrogens is 212 g/mol. The van der Waals surface area contributed by atoms with Crippen molar-refractivity contribution in [1.82, 2.24) is 0 Å². The van der Waals surface area contributed by atoms with E-state index in [-0.39, 0.29) is 11.2 Å². The minimum absolute atomic E-state index is 0.134. The predicted octanol–water partition coefficient (Wildman–Crippen LogP) is 3.18. The van der Waals surface area contributed by atoms with Gasteiger partial charge >= 0.3 is 6.21 Å². The molecule has 0 amide bonds. The van der Waals surface area contributed by atoms with Gasteiger partial charge in [0.05, 0.1) is 0 Å².